The smallest absolute Gasteiger partial charge is 0.226 e. The second kappa shape index (κ2) is 7.07. The van der Waals surface area contributed by atoms with E-state index in [2.05, 4.69) is 30.4 Å². The van der Waals surface area contributed by atoms with Crippen LogP contribution in [0.15, 0.2) is 29.2 Å². The number of aryl methyl sites for hydroxylation is 1. The van der Waals surface area contributed by atoms with Crippen molar-refractivity contribution >= 4 is 5.95 Å². The van der Waals surface area contributed by atoms with Crippen LogP contribution >= 0.6 is 0 Å². The second-order valence-corrected chi connectivity index (χ2v) is 6.48. The molecule has 8 heteroatoms. The highest BCUT2D eigenvalue weighted by molar-refractivity contribution is 5.58. The average molecular weight is 352 g/mol. The van der Waals surface area contributed by atoms with Gasteiger partial charge in [-0.15, -0.1) is 0 Å². The molecule has 0 aliphatic heterocycles. The summed E-state index contributed by atoms with van der Waals surface area (Å²) in [5.74, 6) is 2.52. The van der Waals surface area contributed by atoms with Gasteiger partial charge in [0.15, 0.2) is 5.76 Å². The zero-order valence-corrected chi connectivity index (χ0v) is 14.5. The maximum Gasteiger partial charge on any atom is 0.226 e. The summed E-state index contributed by atoms with van der Waals surface area (Å²) in [6.45, 7) is 2.34. The Labute approximate surface area is 150 Å². The van der Waals surface area contributed by atoms with Crippen LogP contribution in [0, 0.1) is 6.92 Å². The van der Waals surface area contributed by atoms with E-state index < -0.39 is 0 Å². The lowest BCUT2D eigenvalue weighted by atomic mass is 10.1. The van der Waals surface area contributed by atoms with Crippen molar-refractivity contribution in [2.24, 2.45) is 0 Å². The maximum absolute atomic E-state index is 9.40. The van der Waals surface area contributed by atoms with Gasteiger partial charge in [-0.2, -0.15) is 4.98 Å². The van der Waals surface area contributed by atoms with Crippen LogP contribution in [0.25, 0.3) is 11.5 Å². The molecule has 1 aliphatic carbocycles. The predicted molar refractivity (Wildman–Crippen MR) is 94.5 cm³/mol. The topological polar surface area (TPSA) is 110 Å². The lowest BCUT2D eigenvalue weighted by molar-refractivity contribution is 0.425. The van der Waals surface area contributed by atoms with Crippen molar-refractivity contribution in [1.82, 2.24) is 25.1 Å². The van der Waals surface area contributed by atoms with Gasteiger partial charge in [-0.25, -0.2) is 15.0 Å². The molecule has 1 aliphatic rings. The third-order valence-corrected chi connectivity index (χ3v) is 4.70. The molecule has 0 saturated heterocycles. The molecule has 4 rings (SSSR count). The summed E-state index contributed by atoms with van der Waals surface area (Å²) in [6.07, 6.45) is 7.70. The van der Waals surface area contributed by atoms with Gasteiger partial charge in [0.1, 0.15) is 23.6 Å². The van der Waals surface area contributed by atoms with Crippen LogP contribution in [0.1, 0.15) is 48.7 Å². The van der Waals surface area contributed by atoms with Gasteiger partial charge in [-0.3, -0.25) is 0 Å². The molecular weight excluding hydrogens is 332 g/mol. The molecule has 3 aromatic heterocycles. The fourth-order valence-corrected chi connectivity index (χ4v) is 3.26. The molecule has 26 heavy (non-hydrogen) atoms. The molecule has 0 radical (unpaired) electrons. The fourth-order valence-electron chi connectivity index (χ4n) is 3.26. The molecule has 0 unspecified atom stereocenters. The molecule has 1 saturated carbocycles. The monoisotopic (exact) mass is 352 g/mol. The van der Waals surface area contributed by atoms with Crippen LogP contribution in [0.5, 0.6) is 5.75 Å². The standard InChI is InChI=1S/C18H20N6O2/c1-11-14(16(26-24-11)15-7-6-13(25)8-19-15)9-20-18-22-10-21-17(23-18)12-4-2-3-5-12/h6-8,10,12,25H,2-5,9H2,1H3,(H,20,21,22,23). The first-order valence-electron chi connectivity index (χ1n) is 8.74. The Morgan fingerprint density at radius 2 is 2.04 bits per heavy atom. The molecule has 3 heterocycles. The van der Waals surface area contributed by atoms with Gasteiger partial charge in [-0.1, -0.05) is 18.0 Å². The minimum atomic E-state index is 0.106. The van der Waals surface area contributed by atoms with Gasteiger partial charge in [0, 0.05) is 18.0 Å². The minimum absolute atomic E-state index is 0.106. The fraction of sp³-hybridized carbons (Fsp3) is 0.389. The van der Waals surface area contributed by atoms with Crippen molar-refractivity contribution in [3.05, 3.63) is 41.7 Å². The Hall–Kier alpha value is -3.03. The molecule has 0 aromatic carbocycles. The van der Waals surface area contributed by atoms with E-state index in [0.29, 0.717) is 29.9 Å². The molecule has 0 spiro atoms. The minimum Gasteiger partial charge on any atom is -0.506 e. The largest absolute Gasteiger partial charge is 0.506 e. The first-order valence-corrected chi connectivity index (χ1v) is 8.74. The maximum atomic E-state index is 9.40. The Morgan fingerprint density at radius 3 is 2.81 bits per heavy atom. The van der Waals surface area contributed by atoms with Crippen LogP contribution in [-0.2, 0) is 6.54 Å². The first-order chi connectivity index (χ1) is 12.7. The van der Waals surface area contributed by atoms with Gasteiger partial charge < -0.3 is 14.9 Å². The molecule has 3 aromatic rings. The van der Waals surface area contributed by atoms with Crippen molar-refractivity contribution in [2.75, 3.05) is 5.32 Å². The van der Waals surface area contributed by atoms with Crippen molar-refractivity contribution in [3.63, 3.8) is 0 Å². The number of aromatic hydroxyl groups is 1. The molecule has 0 atom stereocenters. The Kier molecular flexibility index (Phi) is 4.47. The van der Waals surface area contributed by atoms with Crippen LogP contribution < -0.4 is 5.32 Å². The van der Waals surface area contributed by atoms with E-state index in [1.165, 1.54) is 19.0 Å². The zero-order valence-electron chi connectivity index (χ0n) is 14.5. The third-order valence-electron chi connectivity index (χ3n) is 4.70. The predicted octanol–water partition coefficient (Wildman–Crippen LogP) is 3.21. The van der Waals surface area contributed by atoms with E-state index in [-0.39, 0.29) is 5.75 Å². The lowest BCUT2D eigenvalue weighted by Crippen LogP contribution is -2.09. The number of anilines is 1. The van der Waals surface area contributed by atoms with E-state index in [9.17, 15) is 5.11 Å². The van der Waals surface area contributed by atoms with Crippen LogP contribution in [-0.4, -0.2) is 30.2 Å². The van der Waals surface area contributed by atoms with E-state index in [1.54, 1.807) is 18.5 Å². The highest BCUT2D eigenvalue weighted by Crippen LogP contribution is 2.32. The summed E-state index contributed by atoms with van der Waals surface area (Å²) in [7, 11) is 0. The highest BCUT2D eigenvalue weighted by Gasteiger charge is 2.21. The van der Waals surface area contributed by atoms with E-state index in [4.69, 9.17) is 4.52 Å². The van der Waals surface area contributed by atoms with E-state index >= 15 is 0 Å². The third kappa shape index (κ3) is 3.35. The van der Waals surface area contributed by atoms with Crippen molar-refractivity contribution in [1.29, 1.82) is 0 Å². The van der Waals surface area contributed by atoms with Crippen LogP contribution in [0.2, 0.25) is 0 Å². The lowest BCUT2D eigenvalue weighted by Gasteiger charge is -2.09. The molecule has 0 amide bonds. The van der Waals surface area contributed by atoms with E-state index in [0.717, 1.165) is 29.9 Å². The van der Waals surface area contributed by atoms with Crippen molar-refractivity contribution < 1.29 is 9.63 Å². The summed E-state index contributed by atoms with van der Waals surface area (Å²) in [4.78, 5) is 17.3. The van der Waals surface area contributed by atoms with E-state index in [1.807, 2.05) is 6.92 Å². The summed E-state index contributed by atoms with van der Waals surface area (Å²) in [5, 5.41) is 16.7. The van der Waals surface area contributed by atoms with Crippen LogP contribution in [0.4, 0.5) is 5.95 Å². The number of aromatic nitrogens is 5. The number of hydrogen-bond acceptors (Lipinski definition) is 8. The molecule has 1 fully saturated rings. The number of hydrogen-bond donors (Lipinski definition) is 2. The van der Waals surface area contributed by atoms with Crippen LogP contribution in [0.3, 0.4) is 0 Å². The SMILES string of the molecule is Cc1noc(-c2ccc(O)cn2)c1CNc1ncnc(C2CCCC2)n1. The summed E-state index contributed by atoms with van der Waals surface area (Å²) in [5.41, 5.74) is 2.26. The number of rotatable bonds is 5. The van der Waals surface area contributed by atoms with Gasteiger partial charge in [0.05, 0.1) is 11.9 Å². The first kappa shape index (κ1) is 16.4. The number of nitrogens with zero attached hydrogens (tertiary/aromatic N) is 5. The highest BCUT2D eigenvalue weighted by atomic mass is 16.5. The summed E-state index contributed by atoms with van der Waals surface area (Å²) >= 11 is 0. The Balaban J connectivity index is 1.52. The van der Waals surface area contributed by atoms with Crippen molar-refractivity contribution in [2.45, 2.75) is 45.1 Å². The molecule has 134 valence electrons. The number of nitrogens with one attached hydrogen (secondary N) is 1. The quantitative estimate of drug-likeness (QED) is 0.720. The summed E-state index contributed by atoms with van der Waals surface area (Å²) in [6, 6.07) is 3.26. The zero-order chi connectivity index (χ0) is 17.9. The van der Waals surface area contributed by atoms with Gasteiger partial charge >= 0.3 is 0 Å². The Bertz CT molecular complexity index is 887. The molecule has 2 N–H and O–H groups in total. The molecule has 0 bridgehead atoms. The summed E-state index contributed by atoms with van der Waals surface area (Å²) < 4.78 is 5.43. The number of pyridine rings is 1. The molecule has 8 nitrogen and oxygen atoms in total. The molecular formula is C18H20N6O2. The van der Waals surface area contributed by atoms with Gasteiger partial charge in [-0.05, 0) is 31.9 Å². The average Bonchev–Trinajstić information content (AvgIpc) is 3.31. The van der Waals surface area contributed by atoms with Crippen molar-refractivity contribution in [3.8, 4) is 17.2 Å². The van der Waals surface area contributed by atoms with Gasteiger partial charge in [0.2, 0.25) is 5.95 Å². The van der Waals surface area contributed by atoms with Gasteiger partial charge in [0.25, 0.3) is 0 Å². The Morgan fingerprint density at radius 1 is 1.19 bits per heavy atom. The second-order valence-electron chi connectivity index (χ2n) is 6.48. The normalized spacial score (nSPS) is 14.7.